The summed E-state index contributed by atoms with van der Waals surface area (Å²) in [6.45, 7) is 0. The maximum Gasteiger partial charge on any atom is 0.333 e. The average molecular weight is 403 g/mol. The SMILES string of the molecule is CN1C(=O)C(=C(c2cccc(-c3ccccn3)c2)C2CCCCC2)C(=O)N(C)C1=O. The lowest BCUT2D eigenvalue weighted by molar-refractivity contribution is -0.134. The highest BCUT2D eigenvalue weighted by Crippen LogP contribution is 2.40. The largest absolute Gasteiger partial charge is 0.333 e. The summed E-state index contributed by atoms with van der Waals surface area (Å²) in [5.74, 6) is -0.936. The van der Waals surface area contributed by atoms with Crippen molar-refractivity contribution in [3.05, 3.63) is 59.8 Å². The molecule has 154 valence electrons. The van der Waals surface area contributed by atoms with E-state index in [2.05, 4.69) is 4.98 Å². The van der Waals surface area contributed by atoms with Crippen molar-refractivity contribution in [2.75, 3.05) is 14.1 Å². The number of benzene rings is 1. The first kappa shape index (κ1) is 20.0. The van der Waals surface area contributed by atoms with Crippen molar-refractivity contribution < 1.29 is 14.4 Å². The lowest BCUT2D eigenvalue weighted by Gasteiger charge is -2.33. The molecule has 2 aliphatic rings. The zero-order valence-electron chi connectivity index (χ0n) is 17.3. The second-order valence-electron chi connectivity index (χ2n) is 7.93. The monoisotopic (exact) mass is 403 g/mol. The fourth-order valence-electron chi connectivity index (χ4n) is 4.41. The summed E-state index contributed by atoms with van der Waals surface area (Å²) in [4.78, 5) is 44.9. The van der Waals surface area contributed by atoms with Gasteiger partial charge in [0.1, 0.15) is 5.57 Å². The molecule has 0 unspecified atom stereocenters. The van der Waals surface area contributed by atoms with Gasteiger partial charge in [-0.1, -0.05) is 43.5 Å². The van der Waals surface area contributed by atoms with Crippen LogP contribution in [-0.4, -0.2) is 46.7 Å². The van der Waals surface area contributed by atoms with E-state index in [0.29, 0.717) is 0 Å². The van der Waals surface area contributed by atoms with Gasteiger partial charge in [0, 0.05) is 25.9 Å². The van der Waals surface area contributed by atoms with Crippen molar-refractivity contribution in [1.82, 2.24) is 14.8 Å². The first-order valence-corrected chi connectivity index (χ1v) is 10.3. The number of barbiturate groups is 1. The van der Waals surface area contributed by atoms with Crippen LogP contribution < -0.4 is 0 Å². The van der Waals surface area contributed by atoms with Gasteiger partial charge >= 0.3 is 6.03 Å². The van der Waals surface area contributed by atoms with Crippen LogP contribution in [0.15, 0.2) is 54.2 Å². The average Bonchev–Trinajstić information content (AvgIpc) is 2.80. The number of nitrogens with zero attached hydrogens (tertiary/aromatic N) is 3. The lowest BCUT2D eigenvalue weighted by atomic mass is 9.77. The molecular weight excluding hydrogens is 378 g/mol. The van der Waals surface area contributed by atoms with Gasteiger partial charge in [0.15, 0.2) is 0 Å². The van der Waals surface area contributed by atoms with E-state index in [9.17, 15) is 14.4 Å². The fourth-order valence-corrected chi connectivity index (χ4v) is 4.41. The van der Waals surface area contributed by atoms with Crippen LogP contribution in [0.2, 0.25) is 0 Å². The molecule has 1 aromatic carbocycles. The van der Waals surface area contributed by atoms with Crippen LogP contribution in [0.3, 0.4) is 0 Å². The summed E-state index contributed by atoms with van der Waals surface area (Å²) in [5, 5.41) is 0. The van der Waals surface area contributed by atoms with Gasteiger partial charge in [0.2, 0.25) is 0 Å². The quantitative estimate of drug-likeness (QED) is 0.571. The van der Waals surface area contributed by atoms with Crippen molar-refractivity contribution in [2.24, 2.45) is 5.92 Å². The van der Waals surface area contributed by atoms with Gasteiger partial charge in [-0.15, -0.1) is 0 Å². The second kappa shape index (κ2) is 8.22. The van der Waals surface area contributed by atoms with Gasteiger partial charge in [-0.05, 0) is 48.1 Å². The molecule has 30 heavy (non-hydrogen) atoms. The fraction of sp³-hybridized carbons (Fsp3) is 0.333. The van der Waals surface area contributed by atoms with E-state index in [-0.39, 0.29) is 11.5 Å². The number of likely N-dealkylation sites (N-methyl/N-ethyl adjacent to an activating group) is 2. The molecule has 1 saturated carbocycles. The Labute approximate surface area is 176 Å². The lowest BCUT2D eigenvalue weighted by Crippen LogP contribution is -2.53. The highest BCUT2D eigenvalue weighted by molar-refractivity contribution is 6.32. The molecule has 0 radical (unpaired) electrons. The Morgan fingerprint density at radius 3 is 2.23 bits per heavy atom. The van der Waals surface area contributed by atoms with E-state index in [4.69, 9.17) is 0 Å². The Kier molecular flexibility index (Phi) is 5.48. The maximum absolute atomic E-state index is 13.1. The molecule has 0 bridgehead atoms. The predicted molar refractivity (Wildman–Crippen MR) is 114 cm³/mol. The molecule has 0 N–H and O–H groups in total. The third-order valence-corrected chi connectivity index (χ3v) is 6.03. The van der Waals surface area contributed by atoms with Crippen molar-refractivity contribution in [3.63, 3.8) is 0 Å². The van der Waals surface area contributed by atoms with Gasteiger partial charge in [-0.25, -0.2) is 4.79 Å². The molecule has 0 spiro atoms. The zero-order valence-corrected chi connectivity index (χ0v) is 17.3. The highest BCUT2D eigenvalue weighted by atomic mass is 16.2. The third-order valence-electron chi connectivity index (χ3n) is 6.03. The third kappa shape index (κ3) is 3.54. The summed E-state index contributed by atoms with van der Waals surface area (Å²) in [6.07, 6.45) is 6.88. The molecule has 2 fully saturated rings. The van der Waals surface area contributed by atoms with Crippen molar-refractivity contribution in [1.29, 1.82) is 0 Å². The van der Waals surface area contributed by atoms with Gasteiger partial charge < -0.3 is 0 Å². The first-order chi connectivity index (χ1) is 14.5. The number of hydrogen-bond acceptors (Lipinski definition) is 4. The van der Waals surface area contributed by atoms with Crippen LogP contribution in [0, 0.1) is 5.92 Å². The van der Waals surface area contributed by atoms with E-state index >= 15 is 0 Å². The molecule has 1 aliphatic heterocycles. The van der Waals surface area contributed by atoms with Crippen LogP contribution in [0.5, 0.6) is 0 Å². The van der Waals surface area contributed by atoms with E-state index in [0.717, 1.165) is 64.3 Å². The topological polar surface area (TPSA) is 70.6 Å². The van der Waals surface area contributed by atoms with Crippen LogP contribution in [-0.2, 0) is 9.59 Å². The molecule has 1 saturated heterocycles. The molecule has 4 rings (SSSR count). The second-order valence-corrected chi connectivity index (χ2v) is 7.93. The number of pyridine rings is 1. The Hall–Kier alpha value is -3.28. The molecule has 1 aliphatic carbocycles. The molecule has 6 heteroatoms. The molecule has 2 heterocycles. The Bertz CT molecular complexity index is 997. The molecule has 4 amide bonds. The van der Waals surface area contributed by atoms with Crippen LogP contribution in [0.25, 0.3) is 16.8 Å². The highest BCUT2D eigenvalue weighted by Gasteiger charge is 2.41. The van der Waals surface area contributed by atoms with Crippen LogP contribution in [0.1, 0.15) is 37.7 Å². The number of carbonyl (C=O) groups is 3. The van der Waals surface area contributed by atoms with Crippen LogP contribution >= 0.6 is 0 Å². The number of rotatable bonds is 3. The molecule has 0 atom stereocenters. The Balaban J connectivity index is 1.90. The molecule has 1 aromatic heterocycles. The normalized spacial score (nSPS) is 18.2. The predicted octanol–water partition coefficient (Wildman–Crippen LogP) is 4.13. The minimum Gasteiger partial charge on any atom is -0.268 e. The summed E-state index contributed by atoms with van der Waals surface area (Å²) in [5.41, 5.74) is 3.48. The van der Waals surface area contributed by atoms with Crippen molar-refractivity contribution in [3.8, 4) is 11.3 Å². The maximum atomic E-state index is 13.1. The van der Waals surface area contributed by atoms with Gasteiger partial charge in [0.25, 0.3) is 11.8 Å². The van der Waals surface area contributed by atoms with Gasteiger partial charge in [0.05, 0.1) is 5.69 Å². The van der Waals surface area contributed by atoms with Crippen molar-refractivity contribution in [2.45, 2.75) is 32.1 Å². The van der Waals surface area contributed by atoms with E-state index < -0.39 is 17.8 Å². The van der Waals surface area contributed by atoms with E-state index in [1.165, 1.54) is 14.1 Å². The number of aromatic nitrogens is 1. The molecular formula is C24H25N3O3. The van der Waals surface area contributed by atoms with E-state index in [1.807, 2.05) is 42.5 Å². The zero-order chi connectivity index (χ0) is 21.3. The first-order valence-electron chi connectivity index (χ1n) is 10.3. The number of allylic oxidation sites excluding steroid dienone is 1. The number of imide groups is 2. The Morgan fingerprint density at radius 2 is 1.60 bits per heavy atom. The standard InChI is InChI=1S/C24H25N3O3/c1-26-22(28)21(23(29)27(2)24(26)30)20(16-9-4-3-5-10-16)18-12-8-11-17(15-18)19-13-6-7-14-25-19/h6-8,11-16H,3-5,9-10H2,1-2H3. The minimum atomic E-state index is -0.598. The summed E-state index contributed by atoms with van der Waals surface area (Å²) >= 11 is 0. The smallest absolute Gasteiger partial charge is 0.268 e. The number of amides is 4. The van der Waals surface area contributed by atoms with Crippen molar-refractivity contribution >= 4 is 23.4 Å². The molecule has 2 aromatic rings. The molecule has 6 nitrogen and oxygen atoms in total. The van der Waals surface area contributed by atoms with E-state index in [1.54, 1.807) is 6.20 Å². The number of carbonyl (C=O) groups excluding carboxylic acids is 3. The summed E-state index contributed by atoms with van der Waals surface area (Å²) < 4.78 is 0. The van der Waals surface area contributed by atoms with Gasteiger partial charge in [-0.2, -0.15) is 0 Å². The summed E-state index contributed by atoms with van der Waals surface area (Å²) in [6, 6.07) is 13.0. The minimum absolute atomic E-state index is 0.107. The number of hydrogen-bond donors (Lipinski definition) is 0. The number of urea groups is 1. The summed E-state index contributed by atoms with van der Waals surface area (Å²) in [7, 11) is 2.85. The van der Waals surface area contributed by atoms with Gasteiger partial charge in [-0.3, -0.25) is 24.4 Å². The van der Waals surface area contributed by atoms with Crippen LogP contribution in [0.4, 0.5) is 4.79 Å². The Morgan fingerprint density at radius 1 is 0.900 bits per heavy atom.